The molecule has 4 heteroatoms. The Labute approximate surface area is 107 Å². The topological polar surface area (TPSA) is 30.5 Å². The first-order chi connectivity index (χ1) is 8.31. The van der Waals surface area contributed by atoms with Crippen LogP contribution < -0.4 is 5.32 Å². The van der Waals surface area contributed by atoms with Crippen LogP contribution in [0, 0.1) is 0 Å². The molecular weight excluding hydrogens is 238 g/mol. The fourth-order valence-corrected chi connectivity index (χ4v) is 2.27. The second-order valence-electron chi connectivity index (χ2n) is 4.17. The van der Waals surface area contributed by atoms with Gasteiger partial charge in [0, 0.05) is 11.1 Å². The predicted molar refractivity (Wildman–Crippen MR) is 68.6 cm³/mol. The van der Waals surface area contributed by atoms with Gasteiger partial charge < -0.3 is 14.8 Å². The van der Waals surface area contributed by atoms with Crippen molar-refractivity contribution in [2.24, 2.45) is 0 Å². The van der Waals surface area contributed by atoms with Gasteiger partial charge in [0.2, 0.25) is 0 Å². The minimum absolute atomic E-state index is 0.102. The fraction of sp³-hybridized carbons (Fsp3) is 0.538. The largest absolute Gasteiger partial charge is 0.376 e. The van der Waals surface area contributed by atoms with E-state index in [-0.39, 0.29) is 12.1 Å². The summed E-state index contributed by atoms with van der Waals surface area (Å²) in [4.78, 5) is 0. The van der Waals surface area contributed by atoms with Crippen molar-refractivity contribution in [2.75, 3.05) is 26.9 Å². The molecule has 1 N–H and O–H groups in total. The van der Waals surface area contributed by atoms with Crippen LogP contribution in [0.1, 0.15) is 5.56 Å². The number of halogens is 1. The highest BCUT2D eigenvalue weighted by Gasteiger charge is 2.24. The van der Waals surface area contributed by atoms with Crippen molar-refractivity contribution < 1.29 is 9.47 Å². The standard InChI is InChI=1S/C13H18ClNO2/c1-15-12(13-9-16-6-7-17-13)8-10-4-2-3-5-11(10)14/h2-5,12-13,15H,6-9H2,1H3. The molecule has 94 valence electrons. The zero-order valence-electron chi connectivity index (χ0n) is 9.99. The van der Waals surface area contributed by atoms with Gasteiger partial charge in [0.1, 0.15) is 0 Å². The molecule has 0 radical (unpaired) electrons. The van der Waals surface area contributed by atoms with Crippen LogP contribution in [0.5, 0.6) is 0 Å². The first-order valence-corrected chi connectivity index (χ1v) is 6.29. The van der Waals surface area contributed by atoms with Crippen LogP contribution in [0.4, 0.5) is 0 Å². The van der Waals surface area contributed by atoms with Gasteiger partial charge in [-0.2, -0.15) is 0 Å². The average Bonchev–Trinajstić information content (AvgIpc) is 2.39. The van der Waals surface area contributed by atoms with Crippen molar-refractivity contribution in [2.45, 2.75) is 18.6 Å². The minimum Gasteiger partial charge on any atom is -0.376 e. The van der Waals surface area contributed by atoms with Crippen LogP contribution in [0.15, 0.2) is 24.3 Å². The molecular formula is C13H18ClNO2. The van der Waals surface area contributed by atoms with Gasteiger partial charge in [0.25, 0.3) is 0 Å². The quantitative estimate of drug-likeness (QED) is 0.891. The van der Waals surface area contributed by atoms with E-state index < -0.39 is 0 Å². The van der Waals surface area contributed by atoms with Crippen molar-refractivity contribution in [3.63, 3.8) is 0 Å². The third kappa shape index (κ3) is 3.42. The number of ether oxygens (including phenoxy) is 2. The Morgan fingerprint density at radius 3 is 2.88 bits per heavy atom. The number of likely N-dealkylation sites (N-methyl/N-ethyl adjacent to an activating group) is 1. The molecule has 0 bridgehead atoms. The molecule has 1 heterocycles. The Morgan fingerprint density at radius 1 is 1.41 bits per heavy atom. The van der Waals surface area contributed by atoms with E-state index in [9.17, 15) is 0 Å². The molecule has 2 rings (SSSR count). The summed E-state index contributed by atoms with van der Waals surface area (Å²) in [6, 6.07) is 8.15. The van der Waals surface area contributed by atoms with Crippen molar-refractivity contribution >= 4 is 11.6 Å². The number of hydrogen-bond donors (Lipinski definition) is 1. The van der Waals surface area contributed by atoms with Crippen LogP contribution in [0.3, 0.4) is 0 Å². The van der Waals surface area contributed by atoms with Crippen LogP contribution in [0.2, 0.25) is 5.02 Å². The van der Waals surface area contributed by atoms with Gasteiger partial charge in [0.05, 0.1) is 25.9 Å². The van der Waals surface area contributed by atoms with Gasteiger partial charge >= 0.3 is 0 Å². The van der Waals surface area contributed by atoms with E-state index in [0.29, 0.717) is 19.8 Å². The van der Waals surface area contributed by atoms with E-state index >= 15 is 0 Å². The highest BCUT2D eigenvalue weighted by atomic mass is 35.5. The summed E-state index contributed by atoms with van der Waals surface area (Å²) in [7, 11) is 1.94. The molecule has 3 nitrogen and oxygen atoms in total. The molecule has 0 spiro atoms. The molecule has 1 aliphatic rings. The maximum absolute atomic E-state index is 6.16. The highest BCUT2D eigenvalue weighted by Crippen LogP contribution is 2.19. The van der Waals surface area contributed by atoms with Crippen molar-refractivity contribution in [3.8, 4) is 0 Å². The van der Waals surface area contributed by atoms with Gasteiger partial charge in [-0.3, -0.25) is 0 Å². The molecule has 1 fully saturated rings. The molecule has 1 aromatic rings. The summed E-state index contributed by atoms with van der Waals surface area (Å²) in [6.45, 7) is 2.01. The summed E-state index contributed by atoms with van der Waals surface area (Å²) in [5.41, 5.74) is 1.14. The number of hydrogen-bond acceptors (Lipinski definition) is 3. The summed E-state index contributed by atoms with van der Waals surface area (Å²) >= 11 is 6.16. The van der Waals surface area contributed by atoms with Gasteiger partial charge in [-0.05, 0) is 25.1 Å². The Morgan fingerprint density at radius 2 is 2.24 bits per heavy atom. The van der Waals surface area contributed by atoms with Crippen LogP contribution in [0.25, 0.3) is 0 Å². The minimum atomic E-state index is 0.102. The third-order valence-electron chi connectivity index (χ3n) is 3.06. The zero-order valence-corrected chi connectivity index (χ0v) is 10.7. The second-order valence-corrected chi connectivity index (χ2v) is 4.58. The average molecular weight is 256 g/mol. The molecule has 1 aliphatic heterocycles. The maximum atomic E-state index is 6.16. The molecule has 1 aromatic carbocycles. The molecule has 0 aliphatic carbocycles. The number of benzene rings is 1. The van der Waals surface area contributed by atoms with E-state index in [4.69, 9.17) is 21.1 Å². The zero-order chi connectivity index (χ0) is 12.1. The van der Waals surface area contributed by atoms with Crippen molar-refractivity contribution in [1.29, 1.82) is 0 Å². The molecule has 0 aromatic heterocycles. The molecule has 17 heavy (non-hydrogen) atoms. The summed E-state index contributed by atoms with van der Waals surface area (Å²) in [5.74, 6) is 0. The SMILES string of the molecule is CNC(Cc1ccccc1Cl)C1COCCO1. The second kappa shape index (κ2) is 6.36. The van der Waals surface area contributed by atoms with E-state index in [2.05, 4.69) is 11.4 Å². The lowest BCUT2D eigenvalue weighted by Crippen LogP contribution is -2.46. The molecule has 1 saturated heterocycles. The first-order valence-electron chi connectivity index (χ1n) is 5.91. The van der Waals surface area contributed by atoms with Gasteiger partial charge in [-0.25, -0.2) is 0 Å². The number of nitrogens with one attached hydrogen (secondary N) is 1. The van der Waals surface area contributed by atoms with E-state index in [1.54, 1.807) is 0 Å². The van der Waals surface area contributed by atoms with Gasteiger partial charge in [0.15, 0.2) is 0 Å². The Kier molecular flexibility index (Phi) is 4.80. The monoisotopic (exact) mass is 255 g/mol. The van der Waals surface area contributed by atoms with Crippen LogP contribution in [-0.4, -0.2) is 39.0 Å². The lowest BCUT2D eigenvalue weighted by molar-refractivity contribution is -0.100. The lowest BCUT2D eigenvalue weighted by Gasteiger charge is -2.30. The lowest BCUT2D eigenvalue weighted by atomic mass is 10.0. The molecule has 2 unspecified atom stereocenters. The number of rotatable bonds is 4. The van der Waals surface area contributed by atoms with Gasteiger partial charge in [-0.1, -0.05) is 29.8 Å². The van der Waals surface area contributed by atoms with E-state index in [1.807, 2.05) is 25.2 Å². The van der Waals surface area contributed by atoms with Crippen molar-refractivity contribution in [1.82, 2.24) is 5.32 Å². The Bertz CT molecular complexity index is 353. The maximum Gasteiger partial charge on any atom is 0.0965 e. The fourth-order valence-electron chi connectivity index (χ4n) is 2.06. The van der Waals surface area contributed by atoms with E-state index in [0.717, 1.165) is 17.0 Å². The first kappa shape index (κ1) is 12.8. The predicted octanol–water partition coefficient (Wildman–Crippen LogP) is 1.89. The normalized spacial score (nSPS) is 22.4. The summed E-state index contributed by atoms with van der Waals surface area (Å²) in [5, 5.41) is 4.09. The smallest absolute Gasteiger partial charge is 0.0965 e. The van der Waals surface area contributed by atoms with Crippen LogP contribution >= 0.6 is 11.6 Å². The summed E-state index contributed by atoms with van der Waals surface area (Å²) < 4.78 is 11.1. The third-order valence-corrected chi connectivity index (χ3v) is 3.43. The van der Waals surface area contributed by atoms with Crippen molar-refractivity contribution in [3.05, 3.63) is 34.9 Å². The highest BCUT2D eigenvalue weighted by molar-refractivity contribution is 6.31. The van der Waals surface area contributed by atoms with Crippen LogP contribution in [-0.2, 0) is 15.9 Å². The van der Waals surface area contributed by atoms with Gasteiger partial charge in [-0.15, -0.1) is 0 Å². The summed E-state index contributed by atoms with van der Waals surface area (Å²) in [6.07, 6.45) is 0.953. The Balaban J connectivity index is 2.01. The molecule has 0 saturated carbocycles. The molecule has 2 atom stereocenters. The molecule has 0 amide bonds. The van der Waals surface area contributed by atoms with E-state index in [1.165, 1.54) is 0 Å². The Hall–Kier alpha value is -0.610.